The molecule has 3 atom stereocenters. The Hall–Kier alpha value is -5.94. The van der Waals surface area contributed by atoms with E-state index in [0.29, 0.717) is 86.4 Å². The van der Waals surface area contributed by atoms with Crippen molar-refractivity contribution >= 4 is 35.1 Å². The van der Waals surface area contributed by atoms with Crippen LogP contribution in [0.15, 0.2) is 97.3 Å². The maximum atomic E-state index is 13.1. The van der Waals surface area contributed by atoms with E-state index in [0.717, 1.165) is 66.1 Å². The van der Waals surface area contributed by atoms with Gasteiger partial charge in [-0.1, -0.05) is 55.8 Å². The van der Waals surface area contributed by atoms with Crippen LogP contribution in [0.4, 0.5) is 5.69 Å². The molecular weight excluding hydrogens is 838 g/mol. The van der Waals surface area contributed by atoms with Crippen LogP contribution in [0.5, 0.6) is 11.5 Å². The highest BCUT2D eigenvalue weighted by molar-refractivity contribution is 6.30. The fourth-order valence-corrected chi connectivity index (χ4v) is 10.8. The first-order chi connectivity index (χ1) is 31.4. The number of amides is 2. The van der Waals surface area contributed by atoms with Crippen molar-refractivity contribution < 1.29 is 29.0 Å². The Kier molecular flexibility index (Phi) is 14.1. The average molecular weight is 899 g/mol. The first-order valence-corrected chi connectivity index (χ1v) is 23.5. The first kappa shape index (κ1) is 45.6. The summed E-state index contributed by atoms with van der Waals surface area (Å²) in [7, 11) is 1.59. The highest BCUT2D eigenvalue weighted by Gasteiger charge is 2.54. The topological polar surface area (TPSA) is 152 Å². The Morgan fingerprint density at radius 3 is 2.55 bits per heavy atom. The second-order valence-electron chi connectivity index (χ2n) is 18.5. The molecule has 1 spiro atoms. The van der Waals surface area contributed by atoms with Crippen LogP contribution in [-0.4, -0.2) is 58.7 Å². The lowest BCUT2D eigenvalue weighted by Crippen LogP contribution is -2.53. The van der Waals surface area contributed by atoms with Crippen LogP contribution in [0.3, 0.4) is 0 Å². The smallest absolute Gasteiger partial charge is 0.329 e. The van der Waals surface area contributed by atoms with Crippen molar-refractivity contribution in [2.45, 2.75) is 108 Å². The van der Waals surface area contributed by atoms with E-state index in [2.05, 4.69) is 51.9 Å². The molecule has 0 radical (unpaired) electrons. The number of ether oxygens (including phenoxy) is 2. The number of nitrogens with zero attached hydrogens (tertiary/aromatic N) is 2. The summed E-state index contributed by atoms with van der Waals surface area (Å²) in [6, 6.07) is 27.1. The SMILES string of the molecule is CNC(=O)c1ccc(-c2cccc(CNC(=O)CCCOc3ccc4c(c3)C3(CCC(Nc5cccc(Cl)c5)(C(=O)O)CC3)[C@@H](C[C@@H](C)COc3ccnc5c3[C@H](C)CCC5)C4)c2)nc1. The van der Waals surface area contributed by atoms with Crippen LogP contribution in [-0.2, 0) is 34.4 Å². The van der Waals surface area contributed by atoms with Gasteiger partial charge in [0.2, 0.25) is 5.91 Å². The number of aromatic nitrogens is 2. The Morgan fingerprint density at radius 1 is 0.954 bits per heavy atom. The minimum Gasteiger partial charge on any atom is -0.494 e. The molecule has 4 N–H and O–H groups in total. The number of aliphatic carboxylic acids is 1. The monoisotopic (exact) mass is 897 g/mol. The van der Waals surface area contributed by atoms with Crippen molar-refractivity contribution in [2.24, 2.45) is 11.8 Å². The molecule has 340 valence electrons. The van der Waals surface area contributed by atoms with Crippen molar-refractivity contribution in [1.29, 1.82) is 0 Å². The minimum atomic E-state index is -1.12. The molecule has 2 aromatic heterocycles. The summed E-state index contributed by atoms with van der Waals surface area (Å²) in [6.45, 7) is 5.91. The molecule has 12 heteroatoms. The number of carbonyl (C=O) groups is 3. The summed E-state index contributed by atoms with van der Waals surface area (Å²) in [5, 5.41) is 20.3. The van der Waals surface area contributed by atoms with Crippen molar-refractivity contribution in [3.05, 3.63) is 136 Å². The quantitative estimate of drug-likeness (QED) is 0.0669. The predicted octanol–water partition coefficient (Wildman–Crippen LogP) is 10.1. The van der Waals surface area contributed by atoms with Crippen LogP contribution in [0.25, 0.3) is 11.3 Å². The normalized spacial score (nSPS) is 21.4. The number of anilines is 1. The average Bonchev–Trinajstić information content (AvgIpc) is 3.60. The number of hydrogen-bond donors (Lipinski definition) is 4. The number of hydrogen-bond acceptors (Lipinski definition) is 8. The third-order valence-corrected chi connectivity index (χ3v) is 14.3. The zero-order chi connectivity index (χ0) is 45.6. The first-order valence-electron chi connectivity index (χ1n) is 23.1. The van der Waals surface area contributed by atoms with Crippen LogP contribution < -0.4 is 25.4 Å². The summed E-state index contributed by atoms with van der Waals surface area (Å²) in [5.41, 5.74) is 7.40. The molecule has 0 unspecified atom stereocenters. The molecular formula is C53H60ClN5O6. The van der Waals surface area contributed by atoms with Crippen LogP contribution in [0.2, 0.25) is 5.02 Å². The molecule has 11 nitrogen and oxygen atoms in total. The molecule has 65 heavy (non-hydrogen) atoms. The van der Waals surface area contributed by atoms with Crippen molar-refractivity contribution in [3.63, 3.8) is 0 Å². The molecule has 3 aromatic carbocycles. The van der Waals surface area contributed by atoms with Crippen molar-refractivity contribution in [1.82, 2.24) is 20.6 Å². The van der Waals surface area contributed by atoms with E-state index < -0.39 is 11.5 Å². The minimum absolute atomic E-state index is 0.0604. The van der Waals surface area contributed by atoms with Crippen molar-refractivity contribution in [2.75, 3.05) is 25.6 Å². The number of fused-ring (bicyclic) bond motifs is 3. The Bertz CT molecular complexity index is 2500. The highest BCUT2D eigenvalue weighted by Crippen LogP contribution is 2.57. The lowest BCUT2D eigenvalue weighted by Gasteiger charge is -2.47. The number of carboxylic acids is 1. The van der Waals surface area contributed by atoms with E-state index in [9.17, 15) is 19.5 Å². The summed E-state index contributed by atoms with van der Waals surface area (Å²) in [4.78, 5) is 47.1. The van der Waals surface area contributed by atoms with Gasteiger partial charge in [0.15, 0.2) is 0 Å². The number of carbonyl (C=O) groups excluding carboxylic acids is 2. The summed E-state index contributed by atoms with van der Waals surface area (Å²) < 4.78 is 12.9. The molecule has 8 rings (SSSR count). The standard InChI is InChI=1S/C53H60ClN5O6/c1-34(33-65-47-19-24-56-46-13-4-8-35(2)49(46)47)26-40-28-37-15-17-43(30-44(37)52(40)20-22-53(23-21-52,51(62)63)59-42-12-6-11-41(54)29-42)64-25-7-14-48(60)58-31-36-9-5-10-38(27-36)45-18-16-39(32-57-45)50(61)55-3/h5-6,9-12,15-19,24,27,29-30,32,34-35,40,59H,4,7-8,13-14,20-23,25-26,28,31,33H2,1-3H3,(H,55,61)(H,58,60)(H,62,63)/t34-,35-,40+,52?,53?/m1/s1. The molecule has 0 aliphatic heterocycles. The summed E-state index contributed by atoms with van der Waals surface area (Å²) in [6.07, 6.45) is 11.8. The van der Waals surface area contributed by atoms with E-state index in [1.165, 1.54) is 16.7 Å². The molecule has 2 heterocycles. The molecule has 3 aliphatic rings. The number of pyridine rings is 2. The largest absolute Gasteiger partial charge is 0.494 e. The zero-order valence-electron chi connectivity index (χ0n) is 37.6. The Balaban J connectivity index is 0.911. The number of aryl methyl sites for hydroxylation is 1. The molecule has 3 aliphatic carbocycles. The Morgan fingerprint density at radius 2 is 1.78 bits per heavy atom. The number of nitrogens with one attached hydrogen (secondary N) is 3. The van der Waals surface area contributed by atoms with Gasteiger partial charge in [-0.3, -0.25) is 19.6 Å². The zero-order valence-corrected chi connectivity index (χ0v) is 38.4. The maximum Gasteiger partial charge on any atom is 0.329 e. The van der Waals surface area contributed by atoms with Gasteiger partial charge in [0.1, 0.15) is 17.0 Å². The number of benzene rings is 3. The van der Waals surface area contributed by atoms with Gasteiger partial charge in [-0.25, -0.2) is 4.79 Å². The molecule has 0 bridgehead atoms. The van der Waals surface area contributed by atoms with E-state index in [1.54, 1.807) is 31.4 Å². The molecule has 5 aromatic rings. The highest BCUT2D eigenvalue weighted by atomic mass is 35.5. The fraction of sp³-hybridized carbons (Fsp3) is 0.415. The Labute approximate surface area is 387 Å². The summed E-state index contributed by atoms with van der Waals surface area (Å²) in [5.74, 6) is 1.61. The number of halogens is 1. The van der Waals surface area contributed by atoms with Crippen LogP contribution >= 0.6 is 11.6 Å². The van der Waals surface area contributed by atoms with E-state index in [-0.39, 0.29) is 23.1 Å². The van der Waals surface area contributed by atoms with E-state index in [1.807, 2.05) is 60.8 Å². The summed E-state index contributed by atoms with van der Waals surface area (Å²) >= 11 is 6.32. The van der Waals surface area contributed by atoms with Crippen LogP contribution in [0, 0.1) is 11.8 Å². The number of rotatable bonds is 17. The van der Waals surface area contributed by atoms with Gasteiger partial charge in [0, 0.05) is 59.9 Å². The van der Waals surface area contributed by atoms with Gasteiger partial charge in [-0.2, -0.15) is 0 Å². The van der Waals surface area contributed by atoms with Crippen LogP contribution in [0.1, 0.15) is 116 Å². The second-order valence-corrected chi connectivity index (χ2v) is 18.9. The molecule has 1 fully saturated rings. The third kappa shape index (κ3) is 10.3. The molecule has 2 amide bonds. The van der Waals surface area contributed by atoms with Gasteiger partial charge in [-0.05, 0) is 159 Å². The van der Waals surface area contributed by atoms with Gasteiger partial charge in [0.25, 0.3) is 5.91 Å². The lowest BCUT2D eigenvalue weighted by atomic mass is 9.59. The number of carboxylic acid groups (broad SMARTS) is 1. The van der Waals surface area contributed by atoms with E-state index >= 15 is 0 Å². The maximum absolute atomic E-state index is 13.1. The van der Waals surface area contributed by atoms with Gasteiger partial charge >= 0.3 is 5.97 Å². The van der Waals surface area contributed by atoms with Gasteiger partial charge < -0.3 is 30.5 Å². The lowest BCUT2D eigenvalue weighted by molar-refractivity contribution is -0.144. The predicted molar refractivity (Wildman–Crippen MR) is 254 cm³/mol. The van der Waals surface area contributed by atoms with E-state index in [4.69, 9.17) is 21.1 Å². The molecule has 1 saturated carbocycles. The fourth-order valence-electron chi connectivity index (χ4n) is 10.6. The van der Waals surface area contributed by atoms with Gasteiger partial charge in [0.05, 0.1) is 24.5 Å². The van der Waals surface area contributed by atoms with Crippen molar-refractivity contribution in [3.8, 4) is 22.8 Å². The third-order valence-electron chi connectivity index (χ3n) is 14.0. The van der Waals surface area contributed by atoms with Gasteiger partial charge in [-0.15, -0.1) is 0 Å². The molecule has 0 saturated heterocycles. The second kappa shape index (κ2) is 20.1.